The van der Waals surface area contributed by atoms with Crippen molar-refractivity contribution in [2.24, 2.45) is 5.41 Å². The van der Waals surface area contributed by atoms with Crippen molar-refractivity contribution >= 4 is 41.5 Å². The van der Waals surface area contributed by atoms with E-state index >= 15 is 0 Å². The van der Waals surface area contributed by atoms with E-state index in [4.69, 9.17) is 0 Å². The van der Waals surface area contributed by atoms with Crippen LogP contribution in [0.15, 0.2) is 0 Å². The first-order valence-corrected chi connectivity index (χ1v) is 7.48. The molecule has 0 aliphatic carbocycles. The Morgan fingerprint density at radius 2 is 1.10 bits per heavy atom. The molecule has 0 aromatic rings. The minimum absolute atomic E-state index is 0. The molecule has 0 atom stereocenters. The van der Waals surface area contributed by atoms with Crippen LogP contribution in [0, 0.1) is 5.41 Å². The van der Waals surface area contributed by atoms with Gasteiger partial charge < -0.3 is 10.2 Å². The summed E-state index contributed by atoms with van der Waals surface area (Å²) in [5.41, 5.74) is -1.57. The van der Waals surface area contributed by atoms with E-state index in [9.17, 15) is 19.8 Å². The van der Waals surface area contributed by atoms with Crippen LogP contribution in [0.25, 0.3) is 0 Å². The second-order valence-electron chi connectivity index (χ2n) is 5.31. The number of aliphatic carboxylic acids is 2. The molecule has 0 spiro atoms. The number of hydrogen-bond donors (Lipinski definition) is 2. The molecular formula is C15H29NaO4. The Bertz CT molecular complexity index is 251. The van der Waals surface area contributed by atoms with Crippen LogP contribution in [0.4, 0.5) is 0 Å². The van der Waals surface area contributed by atoms with Gasteiger partial charge in [-0.2, -0.15) is 0 Å². The second kappa shape index (κ2) is 12.7. The quantitative estimate of drug-likeness (QED) is 0.329. The summed E-state index contributed by atoms with van der Waals surface area (Å²) >= 11 is 0. The van der Waals surface area contributed by atoms with Gasteiger partial charge in [-0.05, 0) is 12.8 Å². The van der Waals surface area contributed by atoms with Crippen molar-refractivity contribution in [3.8, 4) is 0 Å². The van der Waals surface area contributed by atoms with Crippen LogP contribution in [0.5, 0.6) is 0 Å². The molecule has 20 heavy (non-hydrogen) atoms. The minimum atomic E-state index is -1.57. The van der Waals surface area contributed by atoms with Crippen molar-refractivity contribution in [1.82, 2.24) is 0 Å². The molecule has 0 rings (SSSR count). The number of carbonyl (C=O) groups is 2. The number of hydrogen-bond acceptors (Lipinski definition) is 2. The molecule has 114 valence electrons. The molecule has 5 heteroatoms. The monoisotopic (exact) mass is 296 g/mol. The Morgan fingerprint density at radius 3 is 1.35 bits per heavy atom. The molecule has 0 amide bonds. The molecule has 0 heterocycles. The zero-order valence-electron chi connectivity index (χ0n) is 12.3. The predicted octanol–water partition coefficient (Wildman–Crippen LogP) is 3.43. The van der Waals surface area contributed by atoms with Gasteiger partial charge in [0.05, 0.1) is 0 Å². The average Bonchev–Trinajstić information content (AvgIpc) is 2.36. The van der Waals surface area contributed by atoms with Crippen molar-refractivity contribution in [1.29, 1.82) is 0 Å². The topological polar surface area (TPSA) is 74.6 Å². The van der Waals surface area contributed by atoms with Gasteiger partial charge >= 0.3 is 41.5 Å². The van der Waals surface area contributed by atoms with Crippen molar-refractivity contribution in [3.05, 3.63) is 0 Å². The third-order valence-corrected chi connectivity index (χ3v) is 3.73. The Hall–Kier alpha value is -0.0600. The molecule has 0 fully saturated rings. The molecule has 0 aromatic heterocycles. The van der Waals surface area contributed by atoms with Gasteiger partial charge in [0.25, 0.3) is 0 Å². The fourth-order valence-corrected chi connectivity index (χ4v) is 2.35. The maximum absolute atomic E-state index is 11.4. The molecule has 0 radical (unpaired) electrons. The van der Waals surface area contributed by atoms with E-state index < -0.39 is 17.4 Å². The molecule has 4 nitrogen and oxygen atoms in total. The summed E-state index contributed by atoms with van der Waals surface area (Å²) in [5, 5.41) is 18.7. The third-order valence-electron chi connectivity index (χ3n) is 3.73. The molecule has 0 unspecified atom stereocenters. The summed E-state index contributed by atoms with van der Waals surface area (Å²) in [6, 6.07) is 0. The van der Waals surface area contributed by atoms with Gasteiger partial charge in [-0.25, -0.2) is 0 Å². The summed E-state index contributed by atoms with van der Waals surface area (Å²) < 4.78 is 0. The molecule has 0 bridgehead atoms. The van der Waals surface area contributed by atoms with Crippen LogP contribution in [-0.4, -0.2) is 51.7 Å². The van der Waals surface area contributed by atoms with Gasteiger partial charge in [-0.15, -0.1) is 0 Å². The molecule has 2 N–H and O–H groups in total. The van der Waals surface area contributed by atoms with Gasteiger partial charge in [-0.1, -0.05) is 65.2 Å². The van der Waals surface area contributed by atoms with Crippen LogP contribution >= 0.6 is 0 Å². The predicted molar refractivity (Wildman–Crippen MR) is 82.4 cm³/mol. The normalized spacial score (nSPS) is 10.9. The number of carboxylic acids is 2. The van der Waals surface area contributed by atoms with Crippen LogP contribution in [0.1, 0.15) is 78.1 Å². The van der Waals surface area contributed by atoms with E-state index in [2.05, 4.69) is 13.8 Å². The van der Waals surface area contributed by atoms with E-state index in [1.54, 1.807) is 0 Å². The SMILES string of the molecule is CCCCCCC(CCCCCC)(C(=O)O)C(=O)O.[NaH]. The number of carboxylic acid groups (broad SMARTS) is 2. The Labute approximate surface area is 144 Å². The van der Waals surface area contributed by atoms with E-state index in [1.807, 2.05) is 0 Å². The molecule has 0 aliphatic heterocycles. The van der Waals surface area contributed by atoms with Crippen LogP contribution in [0.3, 0.4) is 0 Å². The van der Waals surface area contributed by atoms with Crippen molar-refractivity contribution in [2.45, 2.75) is 78.1 Å². The van der Waals surface area contributed by atoms with E-state index in [-0.39, 0.29) is 42.4 Å². The standard InChI is InChI=1S/C15H28O4.Na.H/c1-3-5-7-9-11-15(13(16)17,14(18)19)12-10-8-6-4-2;;/h3-12H2,1-2H3,(H,16,17)(H,18,19);;. The first-order chi connectivity index (χ1) is 9.01. The average molecular weight is 296 g/mol. The Morgan fingerprint density at radius 1 is 0.750 bits per heavy atom. The third kappa shape index (κ3) is 7.65. The molecule has 0 saturated heterocycles. The van der Waals surface area contributed by atoms with Gasteiger partial charge in [0.2, 0.25) is 0 Å². The van der Waals surface area contributed by atoms with Crippen molar-refractivity contribution in [2.75, 3.05) is 0 Å². The summed E-state index contributed by atoms with van der Waals surface area (Å²) in [6.07, 6.45) is 7.87. The fourth-order valence-electron chi connectivity index (χ4n) is 2.35. The molecular weight excluding hydrogens is 267 g/mol. The van der Waals surface area contributed by atoms with E-state index in [0.717, 1.165) is 38.5 Å². The zero-order chi connectivity index (χ0) is 14.7. The Balaban J connectivity index is 0. The summed E-state index contributed by atoms with van der Waals surface area (Å²) in [5.74, 6) is -2.35. The summed E-state index contributed by atoms with van der Waals surface area (Å²) in [7, 11) is 0. The first-order valence-electron chi connectivity index (χ1n) is 7.48. The molecule has 0 aromatic carbocycles. The summed E-state index contributed by atoms with van der Waals surface area (Å²) in [6.45, 7) is 4.15. The van der Waals surface area contributed by atoms with Crippen molar-refractivity contribution < 1.29 is 19.8 Å². The van der Waals surface area contributed by atoms with E-state index in [0.29, 0.717) is 12.8 Å². The summed E-state index contributed by atoms with van der Waals surface area (Å²) in [4.78, 5) is 22.8. The molecule has 0 saturated carbocycles. The van der Waals surface area contributed by atoms with Gasteiger partial charge in [0, 0.05) is 0 Å². The molecule has 0 aliphatic rings. The van der Waals surface area contributed by atoms with E-state index in [1.165, 1.54) is 0 Å². The van der Waals surface area contributed by atoms with Crippen LogP contribution < -0.4 is 0 Å². The Kier molecular flexibility index (Phi) is 14.1. The first kappa shape index (κ1) is 22.2. The number of unbranched alkanes of at least 4 members (excludes halogenated alkanes) is 6. The van der Waals surface area contributed by atoms with Crippen LogP contribution in [0.2, 0.25) is 0 Å². The van der Waals surface area contributed by atoms with Gasteiger partial charge in [0.15, 0.2) is 5.41 Å². The van der Waals surface area contributed by atoms with Crippen molar-refractivity contribution in [3.63, 3.8) is 0 Å². The van der Waals surface area contributed by atoms with Gasteiger partial charge in [-0.3, -0.25) is 9.59 Å². The second-order valence-corrected chi connectivity index (χ2v) is 5.31. The number of rotatable bonds is 12. The zero-order valence-corrected chi connectivity index (χ0v) is 12.3. The van der Waals surface area contributed by atoms with Crippen LogP contribution in [-0.2, 0) is 9.59 Å². The fraction of sp³-hybridized carbons (Fsp3) is 0.867. The maximum atomic E-state index is 11.4. The van der Waals surface area contributed by atoms with Gasteiger partial charge in [0.1, 0.15) is 0 Å².